The second-order valence-electron chi connectivity index (χ2n) is 6.21. The highest BCUT2D eigenvalue weighted by molar-refractivity contribution is 5.77. The number of aromatic amines is 2. The minimum atomic E-state index is -0.0978. The highest BCUT2D eigenvalue weighted by Crippen LogP contribution is 2.13. The minimum absolute atomic E-state index is 0.0179. The molecule has 0 spiro atoms. The number of carbonyl (C=O) groups is 2. The molecule has 2 amide bonds. The zero-order chi connectivity index (χ0) is 18.8. The van der Waals surface area contributed by atoms with Crippen molar-refractivity contribution < 1.29 is 9.59 Å². The molecule has 2 aromatic heterocycles. The Morgan fingerprint density at radius 3 is 1.62 bits per heavy atom. The summed E-state index contributed by atoms with van der Waals surface area (Å²) in [5.41, 5.74) is 0. The number of carbonyl (C=O) groups excluding carboxylic acids is 2. The highest BCUT2D eigenvalue weighted by Gasteiger charge is 2.16. The maximum absolute atomic E-state index is 12.1. The summed E-state index contributed by atoms with van der Waals surface area (Å²) < 4.78 is 0. The lowest BCUT2D eigenvalue weighted by molar-refractivity contribution is -0.123. The molecule has 0 aliphatic carbocycles. The fourth-order valence-corrected chi connectivity index (χ4v) is 2.77. The summed E-state index contributed by atoms with van der Waals surface area (Å²) in [6.45, 7) is 4.00. The molecule has 8 nitrogen and oxygen atoms in total. The van der Waals surface area contributed by atoms with Gasteiger partial charge in [0.05, 0.1) is 12.1 Å². The fourth-order valence-electron chi connectivity index (χ4n) is 2.77. The van der Waals surface area contributed by atoms with E-state index in [9.17, 15) is 9.59 Å². The molecule has 2 aromatic rings. The standard InChI is InChI=1S/C18H28N6O2/c1-3-13(17-19-9-10-20-17)23-15(25)7-5-6-8-16(26)24-14(4-2)18-21-11-12-22-18/h9-14H,3-8H2,1-2H3,(H,19,20)(H,21,22)(H,23,25)(H,24,26). The minimum Gasteiger partial charge on any atom is -0.347 e. The number of imidazole rings is 2. The van der Waals surface area contributed by atoms with Crippen molar-refractivity contribution in [2.24, 2.45) is 0 Å². The first-order valence-corrected chi connectivity index (χ1v) is 9.21. The van der Waals surface area contributed by atoms with Crippen LogP contribution in [-0.2, 0) is 9.59 Å². The van der Waals surface area contributed by atoms with E-state index in [0.717, 1.165) is 24.5 Å². The van der Waals surface area contributed by atoms with Gasteiger partial charge in [-0.2, -0.15) is 0 Å². The average molecular weight is 360 g/mol. The smallest absolute Gasteiger partial charge is 0.220 e. The van der Waals surface area contributed by atoms with Crippen molar-refractivity contribution in [2.45, 2.75) is 64.5 Å². The van der Waals surface area contributed by atoms with Gasteiger partial charge in [0, 0.05) is 37.6 Å². The molecule has 0 aliphatic heterocycles. The quantitative estimate of drug-likeness (QED) is 0.461. The van der Waals surface area contributed by atoms with Gasteiger partial charge in [-0.1, -0.05) is 13.8 Å². The van der Waals surface area contributed by atoms with E-state index in [4.69, 9.17) is 0 Å². The predicted molar refractivity (Wildman–Crippen MR) is 98.0 cm³/mol. The Kier molecular flexibility index (Phi) is 7.85. The van der Waals surface area contributed by atoms with Crippen molar-refractivity contribution in [1.82, 2.24) is 30.6 Å². The number of nitrogens with zero attached hydrogens (tertiary/aromatic N) is 2. The van der Waals surface area contributed by atoms with E-state index in [1.807, 2.05) is 13.8 Å². The summed E-state index contributed by atoms with van der Waals surface area (Å²) in [6, 6.07) is -0.196. The molecule has 0 radical (unpaired) electrons. The third-order valence-electron chi connectivity index (χ3n) is 4.24. The van der Waals surface area contributed by atoms with Crippen LogP contribution < -0.4 is 10.6 Å². The molecule has 8 heteroatoms. The van der Waals surface area contributed by atoms with E-state index in [1.54, 1.807) is 24.8 Å². The molecule has 2 unspecified atom stereocenters. The molecular weight excluding hydrogens is 332 g/mol. The monoisotopic (exact) mass is 360 g/mol. The number of rotatable bonds is 11. The summed E-state index contributed by atoms with van der Waals surface area (Å²) in [4.78, 5) is 38.6. The molecule has 0 bridgehead atoms. The van der Waals surface area contributed by atoms with Gasteiger partial charge in [-0.3, -0.25) is 9.59 Å². The predicted octanol–water partition coefficient (Wildman–Crippen LogP) is 2.53. The first kappa shape index (κ1) is 19.7. The maximum Gasteiger partial charge on any atom is 0.220 e. The van der Waals surface area contributed by atoms with Crippen LogP contribution in [0.25, 0.3) is 0 Å². The lowest BCUT2D eigenvalue weighted by Crippen LogP contribution is -2.29. The van der Waals surface area contributed by atoms with E-state index < -0.39 is 0 Å². The van der Waals surface area contributed by atoms with Crippen molar-refractivity contribution in [3.63, 3.8) is 0 Å². The van der Waals surface area contributed by atoms with Crippen LogP contribution in [0, 0.1) is 0 Å². The number of amides is 2. The number of hydrogen-bond donors (Lipinski definition) is 4. The van der Waals surface area contributed by atoms with Gasteiger partial charge >= 0.3 is 0 Å². The Bertz CT molecular complexity index is 595. The Hall–Kier alpha value is -2.64. The van der Waals surface area contributed by atoms with Crippen molar-refractivity contribution in [1.29, 1.82) is 0 Å². The Labute approximate surface area is 153 Å². The van der Waals surface area contributed by atoms with Gasteiger partial charge < -0.3 is 20.6 Å². The molecule has 26 heavy (non-hydrogen) atoms. The van der Waals surface area contributed by atoms with Crippen LogP contribution in [0.15, 0.2) is 24.8 Å². The van der Waals surface area contributed by atoms with Gasteiger partial charge in [-0.05, 0) is 25.7 Å². The second kappa shape index (κ2) is 10.4. The van der Waals surface area contributed by atoms with Crippen LogP contribution in [0.3, 0.4) is 0 Å². The van der Waals surface area contributed by atoms with Crippen molar-refractivity contribution in [2.75, 3.05) is 0 Å². The van der Waals surface area contributed by atoms with Crippen molar-refractivity contribution in [3.05, 3.63) is 36.4 Å². The van der Waals surface area contributed by atoms with Crippen LogP contribution in [-0.4, -0.2) is 31.8 Å². The summed E-state index contributed by atoms with van der Waals surface area (Å²) in [6.07, 6.45) is 10.5. The molecule has 2 heterocycles. The summed E-state index contributed by atoms with van der Waals surface area (Å²) in [5.74, 6) is 1.50. The summed E-state index contributed by atoms with van der Waals surface area (Å²) in [7, 11) is 0. The second-order valence-corrected chi connectivity index (χ2v) is 6.21. The largest absolute Gasteiger partial charge is 0.347 e. The maximum atomic E-state index is 12.1. The van der Waals surface area contributed by atoms with Gasteiger partial charge in [0.1, 0.15) is 11.6 Å². The Morgan fingerprint density at radius 1 is 0.885 bits per heavy atom. The molecule has 142 valence electrons. The van der Waals surface area contributed by atoms with Crippen LogP contribution in [0.4, 0.5) is 0 Å². The molecule has 2 atom stereocenters. The van der Waals surface area contributed by atoms with E-state index in [0.29, 0.717) is 25.7 Å². The lowest BCUT2D eigenvalue weighted by atomic mass is 10.1. The lowest BCUT2D eigenvalue weighted by Gasteiger charge is -2.15. The zero-order valence-electron chi connectivity index (χ0n) is 15.4. The number of H-pyrrole nitrogens is 2. The molecule has 2 rings (SSSR count). The van der Waals surface area contributed by atoms with Gasteiger partial charge in [-0.25, -0.2) is 9.97 Å². The summed E-state index contributed by atoms with van der Waals surface area (Å²) in [5, 5.41) is 5.94. The van der Waals surface area contributed by atoms with Gasteiger partial charge in [0.2, 0.25) is 11.8 Å². The van der Waals surface area contributed by atoms with Crippen molar-refractivity contribution >= 4 is 11.8 Å². The van der Waals surface area contributed by atoms with E-state index in [2.05, 4.69) is 30.6 Å². The van der Waals surface area contributed by atoms with Crippen molar-refractivity contribution in [3.8, 4) is 0 Å². The van der Waals surface area contributed by atoms with Crippen LogP contribution in [0.1, 0.15) is 76.1 Å². The summed E-state index contributed by atoms with van der Waals surface area (Å²) >= 11 is 0. The Morgan fingerprint density at radius 2 is 1.31 bits per heavy atom. The SMILES string of the molecule is CCC(NC(=O)CCCCC(=O)NC(CC)c1ncc[nH]1)c1ncc[nH]1. The molecule has 0 saturated heterocycles. The van der Waals surface area contributed by atoms with E-state index in [-0.39, 0.29) is 23.9 Å². The first-order valence-electron chi connectivity index (χ1n) is 9.21. The number of nitrogens with one attached hydrogen (secondary N) is 4. The van der Waals surface area contributed by atoms with Crippen LogP contribution >= 0.6 is 0 Å². The number of unbranched alkanes of at least 4 members (excludes halogenated alkanes) is 1. The van der Waals surface area contributed by atoms with E-state index in [1.165, 1.54) is 0 Å². The van der Waals surface area contributed by atoms with Gasteiger partial charge in [-0.15, -0.1) is 0 Å². The molecule has 0 aliphatic rings. The molecule has 0 aromatic carbocycles. The molecule has 0 fully saturated rings. The Balaban J connectivity index is 1.64. The normalized spacial score (nSPS) is 13.2. The topological polar surface area (TPSA) is 116 Å². The third-order valence-corrected chi connectivity index (χ3v) is 4.24. The highest BCUT2D eigenvalue weighted by atomic mass is 16.2. The molecule has 0 saturated carbocycles. The number of hydrogen-bond acceptors (Lipinski definition) is 4. The molecule has 4 N–H and O–H groups in total. The first-order chi connectivity index (χ1) is 12.6. The van der Waals surface area contributed by atoms with E-state index >= 15 is 0 Å². The van der Waals surface area contributed by atoms with Crippen LogP contribution in [0.2, 0.25) is 0 Å². The van der Waals surface area contributed by atoms with Gasteiger partial charge in [0.15, 0.2) is 0 Å². The third kappa shape index (κ3) is 6.02. The number of aromatic nitrogens is 4. The fraction of sp³-hybridized carbons (Fsp3) is 0.556. The zero-order valence-corrected chi connectivity index (χ0v) is 15.4. The molecular formula is C18H28N6O2. The van der Waals surface area contributed by atoms with Crippen LogP contribution in [0.5, 0.6) is 0 Å². The average Bonchev–Trinajstić information content (AvgIpc) is 3.35. The van der Waals surface area contributed by atoms with Gasteiger partial charge in [0.25, 0.3) is 0 Å².